The minimum atomic E-state index is 0.145. The number of nitrogens with zero attached hydrogens (tertiary/aromatic N) is 2. The maximum atomic E-state index is 11.0. The van der Waals surface area contributed by atoms with E-state index in [0.717, 1.165) is 19.6 Å². The lowest BCUT2D eigenvalue weighted by Gasteiger charge is -2.03. The first-order chi connectivity index (χ1) is 5.20. The van der Waals surface area contributed by atoms with E-state index in [0.29, 0.717) is 0 Å². The minimum Gasteiger partial charge on any atom is -0.336 e. The molecule has 1 aliphatic heterocycles. The first kappa shape index (κ1) is 8.27. The Morgan fingerprint density at radius 3 is 2.64 bits per heavy atom. The average molecular weight is 154 g/mol. The van der Waals surface area contributed by atoms with Crippen LogP contribution in [-0.2, 0) is 4.79 Å². The highest BCUT2D eigenvalue weighted by molar-refractivity contribution is 5.89. The second kappa shape index (κ2) is 3.53. The van der Waals surface area contributed by atoms with Crippen molar-refractivity contribution in [2.75, 3.05) is 33.7 Å². The van der Waals surface area contributed by atoms with Crippen molar-refractivity contribution in [3.63, 3.8) is 0 Å². The van der Waals surface area contributed by atoms with E-state index in [1.807, 2.05) is 25.1 Å². The molecule has 0 radical (unpaired) electrons. The van der Waals surface area contributed by atoms with Gasteiger partial charge >= 0.3 is 0 Å². The Kier molecular flexibility index (Phi) is 2.65. The van der Waals surface area contributed by atoms with Crippen LogP contribution >= 0.6 is 0 Å². The van der Waals surface area contributed by atoms with Crippen LogP contribution in [0.15, 0.2) is 12.2 Å². The SMILES string of the molecule is CN(C)C/C=C/C(=O)N1CC1. The fraction of sp³-hybridized carbons (Fsp3) is 0.625. The molecule has 1 saturated heterocycles. The number of rotatable bonds is 3. The maximum absolute atomic E-state index is 11.0. The van der Waals surface area contributed by atoms with Gasteiger partial charge in [0.2, 0.25) is 5.91 Å². The molecular weight excluding hydrogens is 140 g/mol. The second-order valence-electron chi connectivity index (χ2n) is 2.99. The van der Waals surface area contributed by atoms with E-state index in [-0.39, 0.29) is 5.91 Å². The number of amides is 1. The van der Waals surface area contributed by atoms with Gasteiger partial charge in [-0.15, -0.1) is 0 Å². The van der Waals surface area contributed by atoms with Crippen LogP contribution < -0.4 is 0 Å². The monoisotopic (exact) mass is 154 g/mol. The van der Waals surface area contributed by atoms with Crippen molar-refractivity contribution in [2.45, 2.75) is 0 Å². The molecule has 11 heavy (non-hydrogen) atoms. The third-order valence-corrected chi connectivity index (χ3v) is 1.49. The van der Waals surface area contributed by atoms with E-state index in [1.54, 1.807) is 11.0 Å². The number of carbonyl (C=O) groups excluding carboxylic acids is 1. The first-order valence-corrected chi connectivity index (χ1v) is 3.80. The van der Waals surface area contributed by atoms with Crippen LogP contribution in [0.25, 0.3) is 0 Å². The van der Waals surface area contributed by atoms with Crippen LogP contribution in [0.1, 0.15) is 0 Å². The topological polar surface area (TPSA) is 23.3 Å². The smallest absolute Gasteiger partial charge is 0.246 e. The average Bonchev–Trinajstić information content (AvgIpc) is 2.66. The highest BCUT2D eigenvalue weighted by atomic mass is 16.2. The number of hydrogen-bond acceptors (Lipinski definition) is 2. The molecule has 0 saturated carbocycles. The van der Waals surface area contributed by atoms with Crippen molar-refractivity contribution in [2.24, 2.45) is 0 Å². The van der Waals surface area contributed by atoms with Crippen molar-refractivity contribution in [3.05, 3.63) is 12.2 Å². The van der Waals surface area contributed by atoms with Gasteiger partial charge in [-0.1, -0.05) is 6.08 Å². The number of hydrogen-bond donors (Lipinski definition) is 0. The molecule has 0 unspecified atom stereocenters. The minimum absolute atomic E-state index is 0.145. The van der Waals surface area contributed by atoms with Crippen LogP contribution in [0.5, 0.6) is 0 Å². The van der Waals surface area contributed by atoms with Crippen molar-refractivity contribution < 1.29 is 4.79 Å². The summed E-state index contributed by atoms with van der Waals surface area (Å²) < 4.78 is 0. The Morgan fingerprint density at radius 1 is 1.55 bits per heavy atom. The van der Waals surface area contributed by atoms with E-state index < -0.39 is 0 Å². The third kappa shape index (κ3) is 3.18. The lowest BCUT2D eigenvalue weighted by molar-refractivity contribution is -0.120. The lowest BCUT2D eigenvalue weighted by Crippen LogP contribution is -2.12. The summed E-state index contributed by atoms with van der Waals surface area (Å²) in [6.07, 6.45) is 3.54. The Bertz CT molecular complexity index is 171. The molecule has 0 aromatic rings. The molecule has 62 valence electrons. The predicted molar refractivity (Wildman–Crippen MR) is 44.3 cm³/mol. The number of carbonyl (C=O) groups is 1. The molecule has 0 bridgehead atoms. The maximum Gasteiger partial charge on any atom is 0.246 e. The van der Waals surface area contributed by atoms with Gasteiger partial charge in [0.1, 0.15) is 0 Å². The molecule has 3 heteroatoms. The van der Waals surface area contributed by atoms with Crippen molar-refractivity contribution >= 4 is 5.91 Å². The fourth-order valence-corrected chi connectivity index (χ4v) is 0.740. The van der Waals surface area contributed by atoms with Crippen LogP contribution in [0.3, 0.4) is 0 Å². The molecule has 3 nitrogen and oxygen atoms in total. The van der Waals surface area contributed by atoms with Crippen LogP contribution in [0.4, 0.5) is 0 Å². The van der Waals surface area contributed by atoms with E-state index in [4.69, 9.17) is 0 Å². The van der Waals surface area contributed by atoms with Crippen LogP contribution in [-0.4, -0.2) is 49.4 Å². The summed E-state index contributed by atoms with van der Waals surface area (Å²) in [6, 6.07) is 0. The Labute approximate surface area is 67.3 Å². The van der Waals surface area contributed by atoms with Gasteiger partial charge in [-0.2, -0.15) is 0 Å². The van der Waals surface area contributed by atoms with E-state index in [2.05, 4.69) is 0 Å². The first-order valence-electron chi connectivity index (χ1n) is 3.80. The molecule has 0 N–H and O–H groups in total. The van der Waals surface area contributed by atoms with Crippen molar-refractivity contribution in [1.29, 1.82) is 0 Å². The summed E-state index contributed by atoms with van der Waals surface area (Å²) in [7, 11) is 3.96. The summed E-state index contributed by atoms with van der Waals surface area (Å²) in [6.45, 7) is 2.70. The quantitative estimate of drug-likeness (QED) is 0.420. The van der Waals surface area contributed by atoms with Gasteiger partial charge in [0, 0.05) is 25.7 Å². The molecule has 0 spiro atoms. The van der Waals surface area contributed by atoms with Gasteiger partial charge in [-0.05, 0) is 14.1 Å². The molecule has 1 fully saturated rings. The second-order valence-corrected chi connectivity index (χ2v) is 2.99. The van der Waals surface area contributed by atoms with Gasteiger partial charge in [0.15, 0.2) is 0 Å². The Morgan fingerprint density at radius 2 is 2.18 bits per heavy atom. The molecule has 1 heterocycles. The van der Waals surface area contributed by atoms with Crippen molar-refractivity contribution in [1.82, 2.24) is 9.80 Å². The van der Waals surface area contributed by atoms with E-state index in [1.165, 1.54) is 0 Å². The molecule has 0 aromatic carbocycles. The number of likely N-dealkylation sites (N-methyl/N-ethyl adjacent to an activating group) is 1. The Balaban J connectivity index is 2.17. The zero-order chi connectivity index (χ0) is 8.27. The normalized spacial score (nSPS) is 16.5. The van der Waals surface area contributed by atoms with E-state index >= 15 is 0 Å². The zero-order valence-electron chi connectivity index (χ0n) is 7.08. The molecular formula is C8H14N2O. The predicted octanol–water partition coefficient (Wildman–Crippen LogP) is -0.0536. The van der Waals surface area contributed by atoms with Crippen LogP contribution in [0, 0.1) is 0 Å². The molecule has 1 aliphatic rings. The standard InChI is InChI=1S/C8H14N2O/c1-9(2)5-3-4-8(11)10-6-7-10/h3-4H,5-7H2,1-2H3/b4-3+. The summed E-state index contributed by atoms with van der Waals surface area (Å²) >= 11 is 0. The Hall–Kier alpha value is -0.830. The fourth-order valence-electron chi connectivity index (χ4n) is 0.740. The summed E-state index contributed by atoms with van der Waals surface area (Å²) in [5.41, 5.74) is 0. The summed E-state index contributed by atoms with van der Waals surface area (Å²) in [5, 5.41) is 0. The molecule has 1 rings (SSSR count). The molecule has 0 aromatic heterocycles. The molecule has 0 atom stereocenters. The van der Waals surface area contributed by atoms with Gasteiger partial charge in [0.05, 0.1) is 0 Å². The third-order valence-electron chi connectivity index (χ3n) is 1.49. The largest absolute Gasteiger partial charge is 0.336 e. The van der Waals surface area contributed by atoms with Gasteiger partial charge < -0.3 is 9.80 Å². The lowest BCUT2D eigenvalue weighted by atomic mass is 10.4. The van der Waals surface area contributed by atoms with Gasteiger partial charge in [-0.25, -0.2) is 0 Å². The van der Waals surface area contributed by atoms with E-state index in [9.17, 15) is 4.79 Å². The van der Waals surface area contributed by atoms with Gasteiger partial charge in [-0.3, -0.25) is 4.79 Å². The van der Waals surface area contributed by atoms with Gasteiger partial charge in [0.25, 0.3) is 0 Å². The molecule has 1 amide bonds. The summed E-state index contributed by atoms with van der Waals surface area (Å²) in [4.78, 5) is 14.8. The molecule has 0 aliphatic carbocycles. The van der Waals surface area contributed by atoms with Crippen LogP contribution in [0.2, 0.25) is 0 Å². The van der Waals surface area contributed by atoms with Crippen molar-refractivity contribution in [3.8, 4) is 0 Å². The zero-order valence-corrected chi connectivity index (χ0v) is 7.08. The summed E-state index contributed by atoms with van der Waals surface area (Å²) in [5.74, 6) is 0.145. The highest BCUT2D eigenvalue weighted by Gasteiger charge is 2.20. The highest BCUT2D eigenvalue weighted by Crippen LogP contribution is 2.03.